The van der Waals surface area contributed by atoms with Gasteiger partial charge in [-0.05, 0) is 63.4 Å². The van der Waals surface area contributed by atoms with Crippen molar-refractivity contribution in [2.45, 2.75) is 64.6 Å². The van der Waals surface area contributed by atoms with Gasteiger partial charge < -0.3 is 9.84 Å². The van der Waals surface area contributed by atoms with Crippen molar-refractivity contribution in [3.05, 3.63) is 23.8 Å². The summed E-state index contributed by atoms with van der Waals surface area (Å²) < 4.78 is 6.42. The van der Waals surface area contributed by atoms with Crippen molar-refractivity contribution in [2.75, 3.05) is 0 Å². The standard InChI is InChI=1S/C20H26O4/c1-12(17(22)23)5-4-7-18(2)15(21)6-8-20-10-13-9-14(16(18)20)24-19(13,3)11-20/h5-6,8,13-14,16H,4,7,9-11H2,1-3H3,(H,22,23)/b12-5+/t13?,14?,16?,18-,19?,20?/m1/s1. The van der Waals surface area contributed by atoms with Crippen molar-refractivity contribution in [3.63, 3.8) is 0 Å². The number of allylic oxidation sites excluding steroid dienone is 3. The Morgan fingerprint density at radius 1 is 1.46 bits per heavy atom. The summed E-state index contributed by atoms with van der Waals surface area (Å²) in [6.45, 7) is 5.92. The maximum Gasteiger partial charge on any atom is 0.330 e. The van der Waals surface area contributed by atoms with Gasteiger partial charge in [-0.3, -0.25) is 4.79 Å². The average molecular weight is 330 g/mol. The van der Waals surface area contributed by atoms with E-state index >= 15 is 0 Å². The molecule has 5 unspecified atom stereocenters. The summed E-state index contributed by atoms with van der Waals surface area (Å²) in [6.07, 6.45) is 10.5. The second-order valence-electron chi connectivity index (χ2n) is 8.84. The van der Waals surface area contributed by atoms with Crippen LogP contribution in [0.15, 0.2) is 23.8 Å². The van der Waals surface area contributed by atoms with Gasteiger partial charge in [-0.15, -0.1) is 0 Å². The third-order valence-corrected chi connectivity index (χ3v) is 7.37. The van der Waals surface area contributed by atoms with E-state index in [-0.39, 0.29) is 28.8 Å². The lowest BCUT2D eigenvalue weighted by atomic mass is 9.51. The lowest BCUT2D eigenvalue weighted by Crippen LogP contribution is -2.56. The van der Waals surface area contributed by atoms with Crippen LogP contribution in [0.25, 0.3) is 0 Å². The molecule has 4 fully saturated rings. The molecule has 4 nitrogen and oxygen atoms in total. The molecule has 2 heterocycles. The molecule has 6 atom stereocenters. The zero-order valence-electron chi connectivity index (χ0n) is 14.7. The van der Waals surface area contributed by atoms with Crippen LogP contribution in [0.2, 0.25) is 0 Å². The average Bonchev–Trinajstić information content (AvgIpc) is 2.85. The van der Waals surface area contributed by atoms with Crippen LogP contribution in [-0.2, 0) is 14.3 Å². The molecule has 4 heteroatoms. The Morgan fingerprint density at radius 2 is 2.21 bits per heavy atom. The monoisotopic (exact) mass is 330 g/mol. The first-order valence-corrected chi connectivity index (χ1v) is 9.02. The van der Waals surface area contributed by atoms with Gasteiger partial charge in [-0.25, -0.2) is 4.79 Å². The van der Waals surface area contributed by atoms with Gasteiger partial charge in [0.05, 0.1) is 11.7 Å². The molecule has 1 spiro atoms. The van der Waals surface area contributed by atoms with Crippen LogP contribution in [0, 0.1) is 22.7 Å². The second kappa shape index (κ2) is 4.81. The predicted octanol–water partition coefficient (Wildman–Crippen LogP) is 3.52. The first-order chi connectivity index (χ1) is 11.2. The lowest BCUT2D eigenvalue weighted by molar-refractivity contribution is -0.168. The van der Waals surface area contributed by atoms with Gasteiger partial charge in [-0.2, -0.15) is 0 Å². The van der Waals surface area contributed by atoms with Crippen molar-refractivity contribution < 1.29 is 19.4 Å². The highest BCUT2D eigenvalue weighted by atomic mass is 16.5. The molecule has 5 aliphatic rings. The van der Waals surface area contributed by atoms with Gasteiger partial charge in [0, 0.05) is 16.9 Å². The van der Waals surface area contributed by atoms with Crippen LogP contribution in [0.5, 0.6) is 0 Å². The van der Waals surface area contributed by atoms with Crippen LogP contribution >= 0.6 is 0 Å². The Morgan fingerprint density at radius 3 is 2.88 bits per heavy atom. The van der Waals surface area contributed by atoms with Crippen LogP contribution < -0.4 is 0 Å². The van der Waals surface area contributed by atoms with Crippen LogP contribution in [0.3, 0.4) is 0 Å². The van der Waals surface area contributed by atoms with Gasteiger partial charge in [0.15, 0.2) is 5.78 Å². The number of carboxylic acids is 1. The van der Waals surface area contributed by atoms with E-state index in [9.17, 15) is 9.59 Å². The zero-order valence-corrected chi connectivity index (χ0v) is 14.7. The molecule has 1 N–H and O–H groups in total. The number of aliphatic carboxylic acids is 1. The number of ketones is 1. The van der Waals surface area contributed by atoms with Crippen molar-refractivity contribution in [3.8, 4) is 0 Å². The van der Waals surface area contributed by atoms with Gasteiger partial charge in [0.1, 0.15) is 0 Å². The van der Waals surface area contributed by atoms with E-state index in [2.05, 4.69) is 19.9 Å². The SMILES string of the molecule is C/C(=C\CC[C@]1(C)C(=O)C=CC23CC4CC(OC4(C)C2)C31)C(=O)O. The van der Waals surface area contributed by atoms with Crippen LogP contribution in [0.4, 0.5) is 0 Å². The molecule has 0 radical (unpaired) electrons. The van der Waals surface area contributed by atoms with Gasteiger partial charge in [-0.1, -0.05) is 19.1 Å². The van der Waals surface area contributed by atoms with Gasteiger partial charge in [0.2, 0.25) is 0 Å². The minimum absolute atomic E-state index is 0.00734. The molecule has 2 aliphatic heterocycles. The fourth-order valence-corrected chi connectivity index (χ4v) is 6.32. The number of carboxylic acid groups (broad SMARTS) is 1. The van der Waals surface area contributed by atoms with Gasteiger partial charge in [0.25, 0.3) is 0 Å². The Balaban J connectivity index is 1.64. The summed E-state index contributed by atoms with van der Waals surface area (Å²) in [5.74, 6) is 0.144. The topological polar surface area (TPSA) is 63.6 Å². The molecule has 2 saturated carbocycles. The predicted molar refractivity (Wildman–Crippen MR) is 89.4 cm³/mol. The fourth-order valence-electron chi connectivity index (χ4n) is 6.32. The molecule has 0 aromatic heterocycles. The largest absolute Gasteiger partial charge is 0.478 e. The summed E-state index contributed by atoms with van der Waals surface area (Å²) in [5, 5.41) is 9.02. The lowest BCUT2D eigenvalue weighted by Gasteiger charge is -2.55. The number of carbonyl (C=O) groups is 2. The van der Waals surface area contributed by atoms with Crippen molar-refractivity contribution in [2.24, 2.45) is 22.7 Å². The first kappa shape index (κ1) is 16.1. The maximum absolute atomic E-state index is 12.8. The molecule has 0 aromatic carbocycles. The van der Waals surface area contributed by atoms with Crippen LogP contribution in [-0.4, -0.2) is 28.6 Å². The number of ether oxygens (including phenoxy) is 1. The number of rotatable bonds is 4. The molecule has 5 rings (SSSR count). The molecule has 0 amide bonds. The molecule has 2 saturated heterocycles. The molecule has 4 bridgehead atoms. The van der Waals surface area contributed by atoms with E-state index in [0.717, 1.165) is 19.3 Å². The Kier molecular flexibility index (Phi) is 3.22. The number of hydrogen-bond donors (Lipinski definition) is 1. The van der Waals surface area contributed by atoms with Crippen LogP contribution in [0.1, 0.15) is 52.9 Å². The maximum atomic E-state index is 12.8. The summed E-state index contributed by atoms with van der Waals surface area (Å²) >= 11 is 0. The van der Waals surface area contributed by atoms with E-state index in [4.69, 9.17) is 9.84 Å². The van der Waals surface area contributed by atoms with E-state index in [1.54, 1.807) is 19.1 Å². The molecule has 3 aliphatic carbocycles. The minimum Gasteiger partial charge on any atom is -0.478 e. The smallest absolute Gasteiger partial charge is 0.330 e. The molecular formula is C20H26O4. The summed E-state index contributed by atoms with van der Waals surface area (Å²) in [7, 11) is 0. The van der Waals surface area contributed by atoms with E-state index in [1.165, 1.54) is 0 Å². The van der Waals surface area contributed by atoms with Crippen molar-refractivity contribution in [1.82, 2.24) is 0 Å². The highest BCUT2D eigenvalue weighted by Gasteiger charge is 2.71. The summed E-state index contributed by atoms with van der Waals surface area (Å²) in [5.41, 5.74) is -0.00335. The second-order valence-corrected chi connectivity index (χ2v) is 8.84. The number of hydrogen-bond acceptors (Lipinski definition) is 3. The highest BCUT2D eigenvalue weighted by molar-refractivity contribution is 5.96. The first-order valence-electron chi connectivity index (χ1n) is 9.02. The Bertz CT molecular complexity index is 677. The highest BCUT2D eigenvalue weighted by Crippen LogP contribution is 2.71. The van der Waals surface area contributed by atoms with E-state index in [0.29, 0.717) is 24.3 Å². The molecule has 130 valence electrons. The minimum atomic E-state index is -0.888. The normalized spacial score (nSPS) is 48.9. The molecular weight excluding hydrogens is 304 g/mol. The summed E-state index contributed by atoms with van der Waals surface area (Å²) in [6, 6.07) is 0. The van der Waals surface area contributed by atoms with E-state index in [1.807, 2.05) is 0 Å². The van der Waals surface area contributed by atoms with Gasteiger partial charge >= 0.3 is 5.97 Å². The quantitative estimate of drug-likeness (QED) is 0.801. The Hall–Kier alpha value is -1.42. The zero-order chi connectivity index (χ0) is 17.3. The molecule has 24 heavy (non-hydrogen) atoms. The van der Waals surface area contributed by atoms with Crippen molar-refractivity contribution >= 4 is 11.8 Å². The Labute approximate surface area is 143 Å². The molecule has 0 aromatic rings. The fraction of sp³-hybridized carbons (Fsp3) is 0.700. The number of carbonyl (C=O) groups excluding carboxylic acids is 1. The van der Waals surface area contributed by atoms with Crippen molar-refractivity contribution in [1.29, 1.82) is 0 Å². The summed E-state index contributed by atoms with van der Waals surface area (Å²) in [4.78, 5) is 23.8. The van der Waals surface area contributed by atoms with E-state index < -0.39 is 11.4 Å². The third-order valence-electron chi connectivity index (χ3n) is 7.37. The third kappa shape index (κ3) is 1.95.